The van der Waals surface area contributed by atoms with E-state index in [0.29, 0.717) is 25.7 Å². The van der Waals surface area contributed by atoms with Crippen LogP contribution in [0, 0.1) is 0 Å². The summed E-state index contributed by atoms with van der Waals surface area (Å²) in [5.74, 6) is 1.25. The van der Waals surface area contributed by atoms with Crippen LogP contribution in [0.25, 0.3) is 0 Å². The van der Waals surface area contributed by atoms with Crippen LogP contribution in [0.4, 0.5) is 0 Å². The molecule has 0 saturated carbocycles. The minimum atomic E-state index is -3.61. The molecule has 1 aromatic rings. The Hall–Kier alpha value is -0.800. The van der Waals surface area contributed by atoms with E-state index in [9.17, 15) is 13.2 Å². The molecule has 2 aliphatic heterocycles. The van der Waals surface area contributed by atoms with Crippen LogP contribution < -0.4 is 5.32 Å². The second-order valence-electron chi connectivity index (χ2n) is 7.86. The Morgan fingerprint density at radius 1 is 1.23 bits per heavy atom. The fourth-order valence-electron chi connectivity index (χ4n) is 4.17. The number of nitrogens with zero attached hydrogens (tertiary/aromatic N) is 2. The molecule has 1 aromatic carbocycles. The number of carbonyl (C=O) groups excluding carboxylic acids is 1. The lowest BCUT2D eigenvalue weighted by atomic mass is 10.00. The molecule has 1 atom stereocenters. The molecule has 30 heavy (non-hydrogen) atoms. The third-order valence-electron chi connectivity index (χ3n) is 5.92. The average Bonchev–Trinajstić information content (AvgIpc) is 2.77. The summed E-state index contributed by atoms with van der Waals surface area (Å²) < 4.78 is 27.3. The zero-order valence-electron chi connectivity index (χ0n) is 17.6. The van der Waals surface area contributed by atoms with Crippen molar-refractivity contribution < 1.29 is 13.2 Å². The van der Waals surface area contributed by atoms with Gasteiger partial charge in [0.1, 0.15) is 0 Å². The quantitative estimate of drug-likeness (QED) is 0.585. The number of hydrogen-bond acceptors (Lipinski definition) is 5. The van der Waals surface area contributed by atoms with Gasteiger partial charge in [0, 0.05) is 43.7 Å². The Balaban J connectivity index is 1.58. The third kappa shape index (κ3) is 5.91. The number of halogens is 1. The van der Waals surface area contributed by atoms with E-state index in [1.54, 1.807) is 11.8 Å². The fourth-order valence-corrected chi connectivity index (χ4v) is 6.98. The Morgan fingerprint density at radius 2 is 2.00 bits per heavy atom. The molecular formula is C21H32ClN3O3S2. The van der Waals surface area contributed by atoms with Gasteiger partial charge in [-0.15, -0.1) is 0 Å². The van der Waals surface area contributed by atoms with Gasteiger partial charge < -0.3 is 10.2 Å². The Labute approximate surface area is 189 Å². The van der Waals surface area contributed by atoms with E-state index < -0.39 is 10.0 Å². The van der Waals surface area contributed by atoms with E-state index in [-0.39, 0.29) is 21.4 Å². The number of nitrogens with one attached hydrogen (secondary N) is 1. The molecule has 2 heterocycles. The summed E-state index contributed by atoms with van der Waals surface area (Å²) in [6.07, 6.45) is 5.84. The number of likely N-dealkylation sites (tertiary alicyclic amines) is 1. The second-order valence-corrected chi connectivity index (χ2v) is 11.4. The maximum atomic E-state index is 12.9. The van der Waals surface area contributed by atoms with Crippen molar-refractivity contribution in [3.63, 3.8) is 0 Å². The Morgan fingerprint density at radius 3 is 2.73 bits per heavy atom. The van der Waals surface area contributed by atoms with Crippen molar-refractivity contribution in [3.8, 4) is 0 Å². The summed E-state index contributed by atoms with van der Waals surface area (Å²) in [6, 6.07) is 5.05. The van der Waals surface area contributed by atoms with Crippen molar-refractivity contribution in [1.29, 1.82) is 0 Å². The summed E-state index contributed by atoms with van der Waals surface area (Å²) >= 11 is 7.97. The summed E-state index contributed by atoms with van der Waals surface area (Å²) in [6.45, 7) is 5.86. The first-order valence-electron chi connectivity index (χ1n) is 10.8. The molecular weight excluding hydrogens is 442 g/mol. The first kappa shape index (κ1) is 23.9. The van der Waals surface area contributed by atoms with Crippen molar-refractivity contribution in [2.75, 3.05) is 44.2 Å². The standard InChI is InChI=1S/C21H32ClN3O3S2/c1-2-17-6-3-4-10-24(17)11-5-9-23-21(26)19-16-18(7-8-20(19)22)30(27,28)25-12-14-29-15-13-25/h7-8,16-17H,2-6,9-15H2,1H3,(H,23,26). The lowest BCUT2D eigenvalue weighted by molar-refractivity contribution is 0.0947. The van der Waals surface area contributed by atoms with Crippen molar-refractivity contribution in [1.82, 2.24) is 14.5 Å². The van der Waals surface area contributed by atoms with Gasteiger partial charge in [-0.2, -0.15) is 16.1 Å². The van der Waals surface area contributed by atoms with Gasteiger partial charge in [0.05, 0.1) is 15.5 Å². The van der Waals surface area contributed by atoms with E-state index in [0.717, 1.165) is 31.0 Å². The van der Waals surface area contributed by atoms with Crippen molar-refractivity contribution >= 4 is 39.3 Å². The third-order valence-corrected chi connectivity index (χ3v) is 9.08. The fraction of sp³-hybridized carbons (Fsp3) is 0.667. The number of hydrogen-bond donors (Lipinski definition) is 1. The molecule has 2 fully saturated rings. The Kier molecular flexibility index (Phi) is 8.89. The molecule has 0 aliphatic carbocycles. The number of rotatable bonds is 8. The van der Waals surface area contributed by atoms with E-state index >= 15 is 0 Å². The van der Waals surface area contributed by atoms with Gasteiger partial charge in [-0.05, 0) is 50.4 Å². The van der Waals surface area contributed by atoms with Crippen LogP contribution >= 0.6 is 23.4 Å². The van der Waals surface area contributed by atoms with E-state index in [4.69, 9.17) is 11.6 Å². The normalized spacial score (nSPS) is 21.5. The van der Waals surface area contributed by atoms with Gasteiger partial charge in [-0.1, -0.05) is 24.9 Å². The van der Waals surface area contributed by atoms with Gasteiger partial charge in [0.2, 0.25) is 10.0 Å². The molecule has 1 amide bonds. The monoisotopic (exact) mass is 473 g/mol. The summed E-state index contributed by atoms with van der Waals surface area (Å²) in [4.78, 5) is 15.3. The van der Waals surface area contributed by atoms with Crippen LogP contribution in [0.3, 0.4) is 0 Å². The van der Waals surface area contributed by atoms with Crippen molar-refractivity contribution in [2.45, 2.75) is 50.0 Å². The predicted octanol–water partition coefficient (Wildman–Crippen LogP) is 3.46. The molecule has 168 valence electrons. The van der Waals surface area contributed by atoms with Gasteiger partial charge in [-0.25, -0.2) is 8.42 Å². The first-order valence-corrected chi connectivity index (χ1v) is 13.8. The smallest absolute Gasteiger partial charge is 0.252 e. The van der Waals surface area contributed by atoms with Crippen LogP contribution in [0.1, 0.15) is 49.4 Å². The molecule has 2 saturated heterocycles. The van der Waals surface area contributed by atoms with Crippen molar-refractivity contribution in [3.05, 3.63) is 28.8 Å². The van der Waals surface area contributed by atoms with Gasteiger partial charge >= 0.3 is 0 Å². The SMILES string of the molecule is CCC1CCCCN1CCCNC(=O)c1cc(S(=O)(=O)N2CCSCC2)ccc1Cl. The average molecular weight is 474 g/mol. The van der Waals surface area contributed by atoms with Gasteiger partial charge in [-0.3, -0.25) is 4.79 Å². The summed E-state index contributed by atoms with van der Waals surface area (Å²) in [7, 11) is -3.61. The molecule has 3 rings (SSSR count). The van der Waals surface area contributed by atoms with E-state index in [2.05, 4.69) is 17.1 Å². The minimum Gasteiger partial charge on any atom is -0.352 e. The van der Waals surface area contributed by atoms with Crippen LogP contribution in [-0.4, -0.2) is 73.8 Å². The molecule has 6 nitrogen and oxygen atoms in total. The largest absolute Gasteiger partial charge is 0.352 e. The summed E-state index contributed by atoms with van der Waals surface area (Å²) in [5, 5.41) is 3.18. The molecule has 1 N–H and O–H groups in total. The topological polar surface area (TPSA) is 69.7 Å². The zero-order valence-corrected chi connectivity index (χ0v) is 20.0. The lowest BCUT2D eigenvalue weighted by Crippen LogP contribution is -2.40. The van der Waals surface area contributed by atoms with E-state index in [1.165, 1.54) is 48.2 Å². The highest BCUT2D eigenvalue weighted by Crippen LogP contribution is 2.25. The molecule has 0 spiro atoms. The number of benzene rings is 1. The summed E-state index contributed by atoms with van der Waals surface area (Å²) in [5.41, 5.74) is 0.216. The molecule has 0 bridgehead atoms. The number of thioether (sulfide) groups is 1. The number of amides is 1. The predicted molar refractivity (Wildman–Crippen MR) is 124 cm³/mol. The number of piperidine rings is 1. The van der Waals surface area contributed by atoms with Gasteiger partial charge in [0.15, 0.2) is 0 Å². The number of carbonyl (C=O) groups is 1. The van der Waals surface area contributed by atoms with E-state index in [1.807, 2.05) is 0 Å². The van der Waals surface area contributed by atoms with Crippen LogP contribution in [0.5, 0.6) is 0 Å². The first-order chi connectivity index (χ1) is 14.4. The number of sulfonamides is 1. The highest BCUT2D eigenvalue weighted by atomic mass is 35.5. The zero-order chi connectivity index (χ0) is 21.6. The maximum Gasteiger partial charge on any atom is 0.252 e. The van der Waals surface area contributed by atoms with Crippen LogP contribution in [0.15, 0.2) is 23.1 Å². The van der Waals surface area contributed by atoms with Gasteiger partial charge in [0.25, 0.3) is 5.91 Å². The second kappa shape index (κ2) is 11.2. The van der Waals surface area contributed by atoms with Crippen molar-refractivity contribution in [2.24, 2.45) is 0 Å². The molecule has 0 aromatic heterocycles. The molecule has 2 aliphatic rings. The maximum absolute atomic E-state index is 12.9. The molecule has 9 heteroatoms. The lowest BCUT2D eigenvalue weighted by Gasteiger charge is -2.35. The van der Waals surface area contributed by atoms with Crippen LogP contribution in [-0.2, 0) is 10.0 Å². The highest BCUT2D eigenvalue weighted by Gasteiger charge is 2.27. The minimum absolute atomic E-state index is 0.128. The molecule has 1 unspecified atom stereocenters. The molecule has 0 radical (unpaired) electrons. The highest BCUT2D eigenvalue weighted by molar-refractivity contribution is 7.99. The van der Waals surface area contributed by atoms with Crippen LogP contribution in [0.2, 0.25) is 5.02 Å². The Bertz CT molecular complexity index is 829.